The van der Waals surface area contributed by atoms with E-state index < -0.39 is 0 Å². The Bertz CT molecular complexity index is 414. The van der Waals surface area contributed by atoms with E-state index in [4.69, 9.17) is 10.5 Å². The number of H-pyrrole nitrogens is 1. The van der Waals surface area contributed by atoms with E-state index in [1.807, 2.05) is 18.3 Å². The van der Waals surface area contributed by atoms with E-state index in [9.17, 15) is 0 Å². The van der Waals surface area contributed by atoms with Gasteiger partial charge in [0.05, 0.1) is 0 Å². The highest BCUT2D eigenvalue weighted by molar-refractivity contribution is 5.78. The Hall–Kier alpha value is -2.26. The zero-order chi connectivity index (χ0) is 9.52. The fourth-order valence-electron chi connectivity index (χ4n) is 0.995. The van der Waals surface area contributed by atoms with Crippen LogP contribution < -0.4 is 0 Å². The third-order valence-corrected chi connectivity index (χ3v) is 1.51. The highest BCUT2D eigenvalue weighted by Gasteiger charge is 1.86. The average Bonchev–Trinajstić information content (AvgIpc) is 2.66. The van der Waals surface area contributed by atoms with Crippen molar-refractivity contribution >= 4 is 10.9 Å². The number of benzene rings is 1. The minimum atomic E-state index is 1.21. The van der Waals surface area contributed by atoms with Gasteiger partial charge in [0.25, 0.3) is 0 Å². The van der Waals surface area contributed by atoms with Crippen molar-refractivity contribution in [2.45, 2.75) is 0 Å². The molecule has 0 aliphatic carbocycles. The van der Waals surface area contributed by atoms with E-state index >= 15 is 0 Å². The van der Waals surface area contributed by atoms with E-state index in [0.29, 0.717) is 0 Å². The van der Waals surface area contributed by atoms with Crippen LogP contribution in [0.15, 0.2) is 36.5 Å². The lowest BCUT2D eigenvalue weighted by Gasteiger charge is -1.83. The van der Waals surface area contributed by atoms with Crippen molar-refractivity contribution in [2.24, 2.45) is 0 Å². The molecule has 1 N–H and O–H groups in total. The van der Waals surface area contributed by atoms with Crippen molar-refractivity contribution in [1.82, 2.24) is 4.98 Å². The maximum Gasteiger partial charge on any atom is 0.181 e. The highest BCUT2D eigenvalue weighted by atomic mass is 14.6. The first-order valence-electron chi connectivity index (χ1n) is 3.69. The summed E-state index contributed by atoms with van der Waals surface area (Å²) < 4.78 is 0. The maximum absolute atomic E-state index is 7.26. The number of para-hydroxylation sites is 1. The van der Waals surface area contributed by atoms with E-state index in [1.54, 1.807) is 0 Å². The van der Waals surface area contributed by atoms with E-state index in [-0.39, 0.29) is 0 Å². The lowest BCUT2D eigenvalue weighted by Crippen LogP contribution is -1.61. The first kappa shape index (κ1) is 8.83. The largest absolute Gasteiger partial charge is 0.361 e. The van der Waals surface area contributed by atoms with Gasteiger partial charge < -0.3 is 4.98 Å². The molecule has 0 bridgehead atoms. The molecule has 0 aliphatic heterocycles. The summed E-state index contributed by atoms with van der Waals surface area (Å²) in [7, 11) is 0. The molecular formula is C10H7N3. The topological polar surface area (TPSA) is 63.4 Å². The van der Waals surface area contributed by atoms with Gasteiger partial charge in [-0.05, 0) is 17.5 Å². The molecule has 0 saturated carbocycles. The number of nitrogens with one attached hydrogen (secondary N) is 1. The molecule has 0 radical (unpaired) electrons. The standard InChI is InChI=1S/C8H7N.C2N2/c1-2-4-8-7(3-1)5-6-9-8;3-1-2-4/h1-6,9H;. The van der Waals surface area contributed by atoms with E-state index in [0.717, 1.165) is 0 Å². The van der Waals surface area contributed by atoms with E-state index in [2.05, 4.69) is 23.2 Å². The second-order valence-electron chi connectivity index (χ2n) is 2.29. The Balaban J connectivity index is 0.000000184. The zero-order valence-electron chi connectivity index (χ0n) is 6.86. The van der Waals surface area contributed by atoms with Gasteiger partial charge in [0.1, 0.15) is 0 Å². The summed E-state index contributed by atoms with van der Waals surface area (Å²) in [5, 5.41) is 15.8. The smallest absolute Gasteiger partial charge is 0.181 e. The summed E-state index contributed by atoms with van der Waals surface area (Å²) in [5.74, 6) is 0. The van der Waals surface area contributed by atoms with Gasteiger partial charge in [0.2, 0.25) is 0 Å². The molecule has 13 heavy (non-hydrogen) atoms. The second-order valence-corrected chi connectivity index (χ2v) is 2.29. The number of nitriles is 2. The number of rotatable bonds is 0. The van der Waals surface area contributed by atoms with Crippen LogP contribution >= 0.6 is 0 Å². The summed E-state index contributed by atoms with van der Waals surface area (Å²) in [4.78, 5) is 3.12. The predicted molar refractivity (Wildman–Crippen MR) is 49.5 cm³/mol. The van der Waals surface area contributed by atoms with Gasteiger partial charge in [-0.3, -0.25) is 0 Å². The van der Waals surface area contributed by atoms with E-state index in [1.165, 1.54) is 23.0 Å². The van der Waals surface area contributed by atoms with Crippen molar-refractivity contribution in [1.29, 1.82) is 10.5 Å². The Morgan fingerprint density at radius 3 is 2.31 bits per heavy atom. The molecule has 0 fully saturated rings. The van der Waals surface area contributed by atoms with Gasteiger partial charge in [0, 0.05) is 11.7 Å². The van der Waals surface area contributed by atoms with Crippen LogP contribution in [-0.2, 0) is 0 Å². The number of aromatic amines is 1. The Labute approximate surface area is 75.8 Å². The van der Waals surface area contributed by atoms with Crippen LogP contribution in [0.2, 0.25) is 0 Å². The van der Waals surface area contributed by atoms with Crippen LogP contribution in [0.5, 0.6) is 0 Å². The van der Waals surface area contributed by atoms with Crippen molar-refractivity contribution in [3.63, 3.8) is 0 Å². The van der Waals surface area contributed by atoms with Crippen LogP contribution in [0.4, 0.5) is 0 Å². The third kappa shape index (κ3) is 2.36. The normalized spacial score (nSPS) is 7.85. The molecule has 0 amide bonds. The molecule has 2 aromatic rings. The lowest BCUT2D eigenvalue weighted by atomic mass is 10.3. The SMILES string of the molecule is N#CC#N.c1ccc2[nH]ccc2c1. The summed E-state index contributed by atoms with van der Waals surface area (Å²) in [6.45, 7) is 0. The van der Waals surface area contributed by atoms with Crippen LogP contribution in [0.1, 0.15) is 0 Å². The molecule has 0 aliphatic rings. The van der Waals surface area contributed by atoms with Gasteiger partial charge >= 0.3 is 0 Å². The zero-order valence-corrected chi connectivity index (χ0v) is 6.86. The minimum absolute atomic E-state index is 1.21. The van der Waals surface area contributed by atoms with Crippen molar-refractivity contribution in [3.05, 3.63) is 36.5 Å². The number of fused-ring (bicyclic) bond motifs is 1. The van der Waals surface area contributed by atoms with Crippen LogP contribution in [0.25, 0.3) is 10.9 Å². The average molecular weight is 169 g/mol. The van der Waals surface area contributed by atoms with Gasteiger partial charge in [-0.15, -0.1) is 0 Å². The van der Waals surface area contributed by atoms with Gasteiger partial charge in [-0.25, -0.2) is 0 Å². The second kappa shape index (κ2) is 4.58. The number of hydrogen-bond donors (Lipinski definition) is 1. The monoisotopic (exact) mass is 169 g/mol. The summed E-state index contributed by atoms with van der Waals surface area (Å²) in [6, 6.07) is 12.8. The molecule has 1 aromatic carbocycles. The number of hydrogen-bond acceptors (Lipinski definition) is 2. The molecule has 1 aromatic heterocycles. The molecule has 1 heterocycles. The predicted octanol–water partition coefficient (Wildman–Crippen LogP) is 2.20. The van der Waals surface area contributed by atoms with Crippen LogP contribution in [0, 0.1) is 22.7 Å². The first-order valence-corrected chi connectivity index (χ1v) is 3.69. The van der Waals surface area contributed by atoms with Crippen LogP contribution in [-0.4, -0.2) is 4.98 Å². The first-order chi connectivity index (χ1) is 6.38. The molecule has 0 saturated heterocycles. The van der Waals surface area contributed by atoms with Crippen LogP contribution in [0.3, 0.4) is 0 Å². The number of nitrogens with zero attached hydrogens (tertiary/aromatic N) is 2. The molecule has 0 unspecified atom stereocenters. The van der Waals surface area contributed by atoms with Crippen molar-refractivity contribution < 1.29 is 0 Å². The molecule has 2 rings (SSSR count). The quantitative estimate of drug-likeness (QED) is 0.657. The fourth-order valence-corrected chi connectivity index (χ4v) is 0.995. The Morgan fingerprint density at radius 1 is 1.00 bits per heavy atom. The summed E-state index contributed by atoms with van der Waals surface area (Å²) >= 11 is 0. The van der Waals surface area contributed by atoms with Gasteiger partial charge in [-0.1, -0.05) is 18.2 Å². The summed E-state index contributed by atoms with van der Waals surface area (Å²) in [5.41, 5.74) is 1.21. The number of aromatic nitrogens is 1. The van der Waals surface area contributed by atoms with Crippen molar-refractivity contribution in [3.8, 4) is 12.1 Å². The molecule has 62 valence electrons. The minimum Gasteiger partial charge on any atom is -0.361 e. The Kier molecular flexibility index (Phi) is 3.11. The third-order valence-electron chi connectivity index (χ3n) is 1.51. The molecule has 0 atom stereocenters. The highest BCUT2D eigenvalue weighted by Crippen LogP contribution is 2.09. The maximum atomic E-state index is 7.26. The molecule has 3 nitrogen and oxygen atoms in total. The molecule has 0 spiro atoms. The van der Waals surface area contributed by atoms with Crippen molar-refractivity contribution in [2.75, 3.05) is 0 Å². The van der Waals surface area contributed by atoms with Gasteiger partial charge in [-0.2, -0.15) is 10.5 Å². The fraction of sp³-hybridized carbons (Fsp3) is 0. The Morgan fingerprint density at radius 2 is 1.69 bits per heavy atom. The molecular weight excluding hydrogens is 162 g/mol. The molecule has 3 heteroatoms. The summed E-state index contributed by atoms with van der Waals surface area (Å²) in [6.07, 6.45) is 1.95. The lowest BCUT2D eigenvalue weighted by molar-refractivity contribution is 1.48. The van der Waals surface area contributed by atoms with Gasteiger partial charge in [0.15, 0.2) is 12.1 Å².